The molecule has 1 heterocycles. The van der Waals surface area contributed by atoms with E-state index in [1.807, 2.05) is 12.1 Å². The first-order chi connectivity index (χ1) is 15.9. The van der Waals surface area contributed by atoms with Crippen molar-refractivity contribution in [3.63, 3.8) is 0 Å². The average molecular weight is 482 g/mol. The van der Waals surface area contributed by atoms with Gasteiger partial charge in [0.15, 0.2) is 0 Å². The molecule has 0 saturated heterocycles. The standard InChI is InChI=1S/C24H20ClN3O4S/c1-2-32-24(29)28-18-6-10-20(11-7-18)33(30,31)19-8-4-17(5-9-19)27-22-13-14-26-23-15-16(25)3-12-21(22)23/h3-15H,2H2,1H3,(H,26,27)(H,28,29). The van der Waals surface area contributed by atoms with Crippen molar-refractivity contribution in [3.8, 4) is 0 Å². The first kappa shape index (κ1) is 22.6. The Morgan fingerprint density at radius 3 is 2.21 bits per heavy atom. The molecule has 4 rings (SSSR count). The maximum atomic E-state index is 13.0. The van der Waals surface area contributed by atoms with Crippen LogP contribution in [0.25, 0.3) is 10.9 Å². The minimum absolute atomic E-state index is 0.120. The lowest BCUT2D eigenvalue weighted by atomic mass is 10.2. The third-order valence-electron chi connectivity index (χ3n) is 4.83. The molecule has 1 aromatic heterocycles. The van der Waals surface area contributed by atoms with E-state index in [-0.39, 0.29) is 16.4 Å². The third-order valence-corrected chi connectivity index (χ3v) is 6.86. The highest BCUT2D eigenvalue weighted by atomic mass is 35.5. The Morgan fingerprint density at radius 1 is 0.939 bits per heavy atom. The van der Waals surface area contributed by atoms with Crippen LogP contribution >= 0.6 is 11.6 Å². The Hall–Kier alpha value is -3.62. The number of ether oxygens (including phenoxy) is 1. The van der Waals surface area contributed by atoms with Crippen molar-refractivity contribution in [1.82, 2.24) is 4.98 Å². The van der Waals surface area contributed by atoms with Gasteiger partial charge >= 0.3 is 6.09 Å². The van der Waals surface area contributed by atoms with Crippen LogP contribution in [0.4, 0.5) is 21.9 Å². The van der Waals surface area contributed by atoms with Crippen molar-refractivity contribution in [2.24, 2.45) is 0 Å². The number of aromatic nitrogens is 1. The quantitative estimate of drug-likeness (QED) is 0.349. The summed E-state index contributed by atoms with van der Waals surface area (Å²) in [7, 11) is -3.72. The van der Waals surface area contributed by atoms with Gasteiger partial charge in [-0.05, 0) is 79.7 Å². The van der Waals surface area contributed by atoms with Crippen molar-refractivity contribution in [2.45, 2.75) is 16.7 Å². The normalized spacial score (nSPS) is 11.2. The monoisotopic (exact) mass is 481 g/mol. The molecule has 0 aliphatic rings. The predicted molar refractivity (Wildman–Crippen MR) is 129 cm³/mol. The number of amides is 1. The number of hydrogen-bond acceptors (Lipinski definition) is 6. The number of pyridine rings is 1. The maximum absolute atomic E-state index is 13.0. The minimum atomic E-state index is -3.72. The molecule has 0 spiro atoms. The summed E-state index contributed by atoms with van der Waals surface area (Å²) in [6, 6.07) is 19.7. The summed E-state index contributed by atoms with van der Waals surface area (Å²) >= 11 is 6.04. The largest absolute Gasteiger partial charge is 0.450 e. The lowest BCUT2D eigenvalue weighted by molar-refractivity contribution is 0.168. The maximum Gasteiger partial charge on any atom is 0.411 e. The average Bonchev–Trinajstić information content (AvgIpc) is 2.80. The third kappa shape index (κ3) is 5.08. The summed E-state index contributed by atoms with van der Waals surface area (Å²) in [4.78, 5) is 16.1. The van der Waals surface area contributed by atoms with Gasteiger partial charge in [-0.3, -0.25) is 10.3 Å². The van der Waals surface area contributed by atoms with Gasteiger partial charge in [-0.2, -0.15) is 0 Å². The van der Waals surface area contributed by atoms with Gasteiger partial charge in [0.25, 0.3) is 0 Å². The Labute approximate surface area is 196 Å². The number of hydrogen-bond donors (Lipinski definition) is 2. The topological polar surface area (TPSA) is 97.4 Å². The van der Waals surface area contributed by atoms with E-state index in [1.165, 1.54) is 24.3 Å². The zero-order chi connectivity index (χ0) is 23.4. The number of carbonyl (C=O) groups excluding carboxylic acids is 1. The number of nitrogens with one attached hydrogen (secondary N) is 2. The second kappa shape index (κ2) is 9.48. The lowest BCUT2D eigenvalue weighted by Crippen LogP contribution is -2.13. The molecule has 2 N–H and O–H groups in total. The van der Waals surface area contributed by atoms with E-state index in [0.717, 1.165) is 22.3 Å². The fourth-order valence-electron chi connectivity index (χ4n) is 3.24. The summed E-state index contributed by atoms with van der Waals surface area (Å²) in [6.07, 6.45) is 1.08. The zero-order valence-electron chi connectivity index (χ0n) is 17.6. The SMILES string of the molecule is CCOC(=O)Nc1ccc(S(=O)(=O)c2ccc(Nc3ccnc4cc(Cl)ccc34)cc2)cc1. The van der Waals surface area contributed by atoms with E-state index in [4.69, 9.17) is 16.3 Å². The van der Waals surface area contributed by atoms with Gasteiger partial charge in [-0.25, -0.2) is 13.2 Å². The molecule has 0 fully saturated rings. The van der Waals surface area contributed by atoms with E-state index in [1.54, 1.807) is 49.5 Å². The Balaban J connectivity index is 1.52. The molecular weight excluding hydrogens is 462 g/mol. The second-order valence-electron chi connectivity index (χ2n) is 7.04. The number of rotatable bonds is 6. The first-order valence-electron chi connectivity index (χ1n) is 10.1. The molecule has 0 bridgehead atoms. The Kier molecular flexibility index (Phi) is 6.48. The van der Waals surface area contributed by atoms with Crippen molar-refractivity contribution in [1.29, 1.82) is 0 Å². The van der Waals surface area contributed by atoms with Gasteiger partial charge in [0.05, 0.1) is 21.9 Å². The summed E-state index contributed by atoms with van der Waals surface area (Å²) in [5.74, 6) is 0. The molecule has 0 aliphatic heterocycles. The zero-order valence-corrected chi connectivity index (χ0v) is 19.2. The molecule has 0 atom stereocenters. The molecule has 0 saturated carbocycles. The summed E-state index contributed by atoms with van der Waals surface area (Å²) in [5.41, 5.74) is 2.76. The van der Waals surface area contributed by atoms with Crippen LogP contribution < -0.4 is 10.6 Å². The van der Waals surface area contributed by atoms with E-state index in [0.29, 0.717) is 10.7 Å². The number of benzene rings is 3. The number of fused-ring (bicyclic) bond motifs is 1. The second-order valence-corrected chi connectivity index (χ2v) is 9.43. The van der Waals surface area contributed by atoms with Crippen LogP contribution in [0.1, 0.15) is 6.92 Å². The van der Waals surface area contributed by atoms with E-state index >= 15 is 0 Å². The molecule has 7 nitrogen and oxygen atoms in total. The molecule has 33 heavy (non-hydrogen) atoms. The number of anilines is 3. The number of nitrogens with zero attached hydrogens (tertiary/aromatic N) is 1. The van der Waals surface area contributed by atoms with Crippen LogP contribution in [0.3, 0.4) is 0 Å². The van der Waals surface area contributed by atoms with Gasteiger partial charge in [-0.15, -0.1) is 0 Å². The number of sulfone groups is 1. The van der Waals surface area contributed by atoms with Gasteiger partial charge in [-0.1, -0.05) is 11.6 Å². The van der Waals surface area contributed by atoms with E-state index < -0.39 is 15.9 Å². The number of halogens is 1. The van der Waals surface area contributed by atoms with Crippen LogP contribution in [0.2, 0.25) is 5.02 Å². The molecule has 9 heteroatoms. The summed E-state index contributed by atoms with van der Waals surface area (Å²) in [6.45, 7) is 1.94. The fourth-order valence-corrected chi connectivity index (χ4v) is 4.67. The molecular formula is C24H20ClN3O4S. The van der Waals surface area contributed by atoms with Gasteiger partial charge in [0.2, 0.25) is 9.84 Å². The van der Waals surface area contributed by atoms with Crippen molar-refractivity contribution in [3.05, 3.63) is 84.0 Å². The summed E-state index contributed by atoms with van der Waals surface area (Å²) in [5, 5.41) is 7.32. The molecule has 3 aromatic carbocycles. The molecule has 4 aromatic rings. The molecule has 1 amide bonds. The molecule has 168 valence electrons. The van der Waals surface area contributed by atoms with E-state index in [9.17, 15) is 13.2 Å². The molecule has 0 radical (unpaired) electrons. The van der Waals surface area contributed by atoms with Crippen molar-refractivity contribution in [2.75, 3.05) is 17.2 Å². The smallest absolute Gasteiger partial charge is 0.411 e. The van der Waals surface area contributed by atoms with Crippen LogP contribution in [0.5, 0.6) is 0 Å². The summed E-state index contributed by atoms with van der Waals surface area (Å²) < 4.78 is 30.8. The Morgan fingerprint density at radius 2 is 1.58 bits per heavy atom. The van der Waals surface area contributed by atoms with Gasteiger partial charge < -0.3 is 10.1 Å². The minimum Gasteiger partial charge on any atom is -0.450 e. The highest BCUT2D eigenvalue weighted by molar-refractivity contribution is 7.91. The van der Waals surface area contributed by atoms with Crippen LogP contribution in [0.15, 0.2) is 88.8 Å². The highest BCUT2D eigenvalue weighted by Gasteiger charge is 2.18. The molecule has 0 unspecified atom stereocenters. The first-order valence-corrected chi connectivity index (χ1v) is 11.9. The van der Waals surface area contributed by atoms with Gasteiger partial charge in [0.1, 0.15) is 0 Å². The van der Waals surface area contributed by atoms with Crippen LogP contribution in [-0.4, -0.2) is 26.1 Å². The predicted octanol–water partition coefficient (Wildman–Crippen LogP) is 6.03. The lowest BCUT2D eigenvalue weighted by Gasteiger charge is -2.11. The van der Waals surface area contributed by atoms with Crippen LogP contribution in [0, 0.1) is 0 Å². The van der Waals surface area contributed by atoms with Crippen LogP contribution in [-0.2, 0) is 14.6 Å². The van der Waals surface area contributed by atoms with Crippen molar-refractivity contribution < 1.29 is 17.9 Å². The highest BCUT2D eigenvalue weighted by Crippen LogP contribution is 2.29. The van der Waals surface area contributed by atoms with Crippen molar-refractivity contribution >= 4 is 55.5 Å². The molecule has 0 aliphatic carbocycles. The van der Waals surface area contributed by atoms with Gasteiger partial charge in [0, 0.05) is 33.7 Å². The fraction of sp³-hybridized carbons (Fsp3) is 0.0833. The Bertz CT molecular complexity index is 1410. The number of carbonyl (C=O) groups is 1. The van der Waals surface area contributed by atoms with E-state index in [2.05, 4.69) is 15.6 Å².